The van der Waals surface area contributed by atoms with Crippen LogP contribution in [0.3, 0.4) is 0 Å². The maximum Gasteiger partial charge on any atom is 0.292 e. The fourth-order valence-electron chi connectivity index (χ4n) is 15.6. The number of nitrogens with zero attached hydrogens (tertiary/aromatic N) is 17. The van der Waals surface area contributed by atoms with Crippen molar-refractivity contribution in [3.63, 3.8) is 0 Å². The largest absolute Gasteiger partial charge is 0.495 e. The number of halogens is 1. The first-order valence-corrected chi connectivity index (χ1v) is 44.3. The average molecular weight is 1790 g/mol. The van der Waals surface area contributed by atoms with Gasteiger partial charge in [0, 0.05) is 233 Å². The lowest BCUT2D eigenvalue weighted by atomic mass is 10.1. The Labute approximate surface area is 785 Å². The molecule has 0 N–H and O–H groups in total. The molecule has 0 amide bonds. The summed E-state index contributed by atoms with van der Waals surface area (Å²) in [4.78, 5) is 48.5. The van der Waals surface area contributed by atoms with E-state index in [1.807, 2.05) is 61.5 Å². The molecule has 8 aliphatic rings. The van der Waals surface area contributed by atoms with Crippen LogP contribution in [0.2, 0.25) is 5.02 Å². The van der Waals surface area contributed by atoms with E-state index < -0.39 is 0 Å². The molecule has 8 heterocycles. The number of benzene rings is 8. The number of rotatable bonds is 15. The van der Waals surface area contributed by atoms with Crippen molar-refractivity contribution in [2.24, 2.45) is 0 Å². The third-order valence-corrected chi connectivity index (χ3v) is 23.7. The number of anilines is 8. The van der Waals surface area contributed by atoms with Crippen molar-refractivity contribution in [3.05, 3.63) is 226 Å². The van der Waals surface area contributed by atoms with Crippen LogP contribution < -0.4 is 53.4 Å². The smallest absolute Gasteiger partial charge is 0.292 e. The van der Waals surface area contributed by atoms with Crippen LogP contribution in [0.1, 0.15) is 98.2 Å². The molecule has 0 aromatic heterocycles. The van der Waals surface area contributed by atoms with E-state index >= 15 is 0 Å². The van der Waals surface area contributed by atoms with Gasteiger partial charge >= 0.3 is 0 Å². The predicted octanol–water partition coefficient (Wildman–Crippen LogP) is 19.2. The van der Waals surface area contributed by atoms with Crippen LogP contribution in [-0.4, -0.2) is 330 Å². The van der Waals surface area contributed by atoms with Gasteiger partial charge in [0.15, 0.2) is 0 Å². The zero-order valence-electron chi connectivity index (χ0n) is 75.2. The molecule has 0 unspecified atom stereocenters. The lowest BCUT2D eigenvalue weighted by Crippen LogP contribution is -2.44. The highest BCUT2D eigenvalue weighted by Gasteiger charge is 2.25. The topological polar surface area (TPSA) is 123 Å². The van der Waals surface area contributed by atoms with E-state index in [4.69, 9.17) is 25.8 Å². The second-order valence-corrected chi connectivity index (χ2v) is 33.2. The SMILES string of the molecule is C.C.C.C.C.C.C.C.CC(C)Oc1ccccc1N1CCN(C)CC1.CCOc1ccccc1N1CCN(C)CC1.CCc1ccccc1N1CCN(C)CC1.CN1CCN(c2ccccc2)CC1.CN1CCN(c2ccccc2Cl)CC1.CN1CCN(c2ccccc2[N+](=O)[O-])CC1.COc1ccccc1N1CCN(C)CC1.Cc1ccccc1N1CCN(C)CC1. The maximum absolute atomic E-state index is 10.9. The minimum atomic E-state index is -0.312. The van der Waals surface area contributed by atoms with E-state index in [1.165, 1.54) is 90.2 Å². The summed E-state index contributed by atoms with van der Waals surface area (Å²) in [6, 6.07) is 68.0. The first-order valence-electron chi connectivity index (χ1n) is 43.9. The molecule has 8 saturated heterocycles. The van der Waals surface area contributed by atoms with Crippen LogP contribution in [-0.2, 0) is 6.42 Å². The van der Waals surface area contributed by atoms with Crippen molar-refractivity contribution in [2.75, 3.05) is 319 Å². The van der Waals surface area contributed by atoms with Crippen LogP contribution in [0.4, 0.5) is 51.2 Å². The first kappa shape index (κ1) is 117. The van der Waals surface area contributed by atoms with Crippen LogP contribution >= 0.6 is 11.6 Å². The number of aryl methyl sites for hydroxylation is 2. The number of hydrogen-bond acceptors (Lipinski definition) is 21. The summed E-state index contributed by atoms with van der Waals surface area (Å²) in [5.41, 5.74) is 12.8. The number of nitro groups is 1. The zero-order valence-corrected chi connectivity index (χ0v) is 75.9. The van der Waals surface area contributed by atoms with Gasteiger partial charge in [-0.1, -0.05) is 193 Å². The van der Waals surface area contributed by atoms with Gasteiger partial charge in [-0.15, -0.1) is 0 Å². The number of hydrogen-bond donors (Lipinski definition) is 0. The van der Waals surface area contributed by atoms with Crippen LogP contribution in [0.5, 0.6) is 17.2 Å². The molecule has 0 saturated carbocycles. The van der Waals surface area contributed by atoms with E-state index in [2.05, 4.69) is 296 Å². The summed E-state index contributed by atoms with van der Waals surface area (Å²) in [6.45, 7) is 46.5. The lowest BCUT2D eigenvalue weighted by Gasteiger charge is -2.35. The average Bonchev–Trinajstić information content (AvgIpc) is 0.836. The molecule has 22 nitrogen and oxygen atoms in total. The number of likely N-dealkylation sites (N-methyl/N-ethyl adjacent to an activating group) is 8. The third-order valence-electron chi connectivity index (χ3n) is 23.4. The Balaban J connectivity index is 0.000000726. The summed E-state index contributed by atoms with van der Waals surface area (Å²) in [6.07, 6.45) is 1.35. The van der Waals surface area contributed by atoms with E-state index in [0.29, 0.717) is 0 Å². The Hall–Kier alpha value is -9.07. The number of methoxy groups -OCH3 is 1. The molecule has 128 heavy (non-hydrogen) atoms. The monoisotopic (exact) mass is 1790 g/mol. The molecule has 0 aliphatic carbocycles. The molecular weight excluding hydrogens is 1610 g/mol. The number of para-hydroxylation sites is 12. The molecule has 0 radical (unpaired) electrons. The first-order chi connectivity index (χ1) is 58.2. The molecule has 23 heteroatoms. The van der Waals surface area contributed by atoms with Gasteiger partial charge in [-0.25, -0.2) is 0 Å². The third kappa shape index (κ3) is 38.2. The summed E-state index contributed by atoms with van der Waals surface area (Å²) in [5.74, 6) is 2.99. The Morgan fingerprint density at radius 3 is 0.938 bits per heavy atom. The maximum atomic E-state index is 10.9. The Morgan fingerprint density at radius 2 is 0.578 bits per heavy atom. The van der Waals surface area contributed by atoms with E-state index in [-0.39, 0.29) is 76.1 Å². The fraction of sp³-hybridized carbons (Fsp3) is 0.543. The van der Waals surface area contributed by atoms with Gasteiger partial charge in [0.2, 0.25) is 0 Å². The molecule has 8 fully saturated rings. The van der Waals surface area contributed by atoms with Crippen molar-refractivity contribution in [2.45, 2.75) is 107 Å². The molecule has 8 aliphatic heterocycles. The Morgan fingerprint density at radius 1 is 0.312 bits per heavy atom. The molecule has 16 rings (SSSR count). The van der Waals surface area contributed by atoms with Gasteiger partial charge in [0.1, 0.15) is 22.9 Å². The second kappa shape index (κ2) is 63.0. The zero-order chi connectivity index (χ0) is 85.6. The standard InChI is InChI=1S/C14H22N2O.C13H20N2O.C13H20N2.C12H18N2O.C12H18N2.C11H15ClN2.C11H15N3O2.C11H16N2.8CH4/c1-12(2)17-14-7-5-4-6-13(14)16-10-8-15(3)9-11-16;1-3-16-13-7-5-4-6-12(13)15-10-8-14(2)9-11-15;1-3-12-6-4-5-7-13(12)15-10-8-14(2)9-11-15;1-13-7-9-14(10-8-13)11-5-3-4-6-12(11)15-2;1-11-5-3-4-6-12(11)14-9-7-13(2)8-10-14;1-13-6-8-14(9-7-13)11-5-3-2-4-10(11)12;1-12-6-8-13(9-7-12)10-4-2-3-5-11(10)14(15)16;1-12-7-9-13(10-8-12)11-5-3-2-4-6-11;;;;;;;;/h4-7,12H,8-11H2,1-3H3;4-7H,3,8-11H2,1-2H3;4-7H,3,8-11H2,1-2H3;3-6H,7-10H2,1-2H3;3-6H,7-10H2,1-2H3;2-5H,6-9H2,1H3;2-5H,6-9H2,1H3;2-6H,7-10H2,1H3;8*1H4. The fourth-order valence-corrected chi connectivity index (χ4v) is 15.9. The molecule has 8 aromatic rings. The van der Waals surface area contributed by atoms with E-state index in [9.17, 15) is 10.1 Å². The normalized spacial score (nSPS) is 16.9. The van der Waals surface area contributed by atoms with E-state index in [0.717, 1.165) is 211 Å². The van der Waals surface area contributed by atoms with Crippen molar-refractivity contribution < 1.29 is 19.1 Å². The summed E-state index contributed by atoms with van der Waals surface area (Å²) in [7, 11) is 19.0. The van der Waals surface area contributed by atoms with Gasteiger partial charge in [-0.3, -0.25) is 10.1 Å². The Bertz CT molecular complexity index is 4040. The van der Waals surface area contributed by atoms with Gasteiger partial charge in [0.05, 0.1) is 52.5 Å². The summed E-state index contributed by atoms with van der Waals surface area (Å²) < 4.78 is 16.9. The van der Waals surface area contributed by atoms with Crippen LogP contribution in [0.25, 0.3) is 0 Å². The molecule has 0 atom stereocenters. The molecule has 718 valence electrons. The lowest BCUT2D eigenvalue weighted by molar-refractivity contribution is -0.384. The van der Waals surface area contributed by atoms with Gasteiger partial charge in [-0.05, 0) is 180 Å². The highest BCUT2D eigenvalue weighted by Crippen LogP contribution is 2.34. The van der Waals surface area contributed by atoms with Gasteiger partial charge < -0.3 is 92.6 Å². The number of ether oxygens (including phenoxy) is 3. The molecule has 0 bridgehead atoms. The highest BCUT2D eigenvalue weighted by molar-refractivity contribution is 6.33. The van der Waals surface area contributed by atoms with Crippen molar-refractivity contribution in [1.29, 1.82) is 0 Å². The minimum Gasteiger partial charge on any atom is -0.495 e. The van der Waals surface area contributed by atoms with Gasteiger partial charge in [0.25, 0.3) is 5.69 Å². The highest BCUT2D eigenvalue weighted by atomic mass is 35.5. The Kier molecular flexibility index (Phi) is 57.6. The molecule has 8 aromatic carbocycles. The molecule has 0 spiro atoms. The van der Waals surface area contributed by atoms with Crippen LogP contribution in [0, 0.1) is 17.0 Å². The summed E-state index contributed by atoms with van der Waals surface area (Å²) >= 11 is 6.14. The van der Waals surface area contributed by atoms with E-state index in [1.54, 1.807) is 19.2 Å². The minimum absolute atomic E-state index is 0. The van der Waals surface area contributed by atoms with Crippen LogP contribution in [0.15, 0.2) is 200 Å². The van der Waals surface area contributed by atoms with Crippen molar-refractivity contribution in [3.8, 4) is 17.2 Å². The molecular formula is C105H176ClN17O5. The van der Waals surface area contributed by atoms with Gasteiger partial charge in [-0.2, -0.15) is 0 Å². The second-order valence-electron chi connectivity index (χ2n) is 32.8. The number of nitro benzene ring substituents is 1. The predicted molar refractivity (Wildman–Crippen MR) is 562 cm³/mol. The van der Waals surface area contributed by atoms with Crippen molar-refractivity contribution >= 4 is 62.8 Å². The quantitative estimate of drug-likeness (QED) is 0.0714. The van der Waals surface area contributed by atoms with Crippen molar-refractivity contribution in [1.82, 2.24) is 39.2 Å². The summed E-state index contributed by atoms with van der Waals surface area (Å²) in [5, 5.41) is 11.8. The number of piperazine rings is 8.